The van der Waals surface area contributed by atoms with E-state index in [0.717, 1.165) is 16.9 Å². The highest BCUT2D eigenvalue weighted by atomic mass is 16.7. The molecule has 2 aromatic carbocycles. The topological polar surface area (TPSA) is 31.6 Å². The lowest BCUT2D eigenvalue weighted by atomic mass is 10.0. The first-order valence-corrected chi connectivity index (χ1v) is 7.38. The number of furan rings is 1. The van der Waals surface area contributed by atoms with Crippen LogP contribution in [0.1, 0.15) is 11.9 Å². The smallest absolute Gasteiger partial charge is 0.184 e. The predicted octanol–water partition coefficient (Wildman–Crippen LogP) is 4.66. The molecule has 1 aromatic heterocycles. The fourth-order valence-electron chi connectivity index (χ4n) is 2.65. The van der Waals surface area contributed by atoms with E-state index in [2.05, 4.69) is 48.5 Å². The number of hydrogen-bond acceptors (Lipinski definition) is 3. The van der Waals surface area contributed by atoms with E-state index in [-0.39, 0.29) is 6.29 Å². The minimum Gasteiger partial charge on any atom is -0.464 e. The number of ether oxygens (including phenoxy) is 2. The van der Waals surface area contributed by atoms with Gasteiger partial charge in [0.05, 0.1) is 19.5 Å². The van der Waals surface area contributed by atoms with Gasteiger partial charge in [0.15, 0.2) is 6.29 Å². The summed E-state index contributed by atoms with van der Waals surface area (Å²) in [6.45, 7) is 1.33. The summed E-state index contributed by atoms with van der Waals surface area (Å²) in [5.74, 6) is 0.887. The maximum atomic E-state index is 5.51. The second-order valence-electron chi connectivity index (χ2n) is 5.25. The molecule has 22 heavy (non-hydrogen) atoms. The Balaban J connectivity index is 1.56. The molecule has 1 fully saturated rings. The third kappa shape index (κ3) is 2.56. The van der Waals surface area contributed by atoms with Gasteiger partial charge in [-0.25, -0.2) is 0 Å². The van der Waals surface area contributed by atoms with Crippen LogP contribution >= 0.6 is 0 Å². The zero-order chi connectivity index (χ0) is 14.8. The Morgan fingerprint density at radius 1 is 0.682 bits per heavy atom. The Labute approximate surface area is 129 Å². The molecule has 0 aliphatic carbocycles. The van der Waals surface area contributed by atoms with Crippen LogP contribution in [0.25, 0.3) is 22.5 Å². The highest BCUT2D eigenvalue weighted by molar-refractivity contribution is 5.68. The second-order valence-corrected chi connectivity index (χ2v) is 5.25. The molecule has 1 aliphatic rings. The molecular weight excluding hydrogens is 276 g/mol. The van der Waals surface area contributed by atoms with Crippen molar-refractivity contribution in [1.82, 2.24) is 0 Å². The maximum Gasteiger partial charge on any atom is 0.184 e. The average Bonchev–Trinajstić information content (AvgIpc) is 3.29. The number of benzene rings is 2. The van der Waals surface area contributed by atoms with E-state index in [0.29, 0.717) is 13.2 Å². The summed E-state index contributed by atoms with van der Waals surface area (Å²) in [6, 6.07) is 20.5. The predicted molar refractivity (Wildman–Crippen MR) is 84.2 cm³/mol. The van der Waals surface area contributed by atoms with E-state index in [1.54, 1.807) is 6.26 Å². The number of hydrogen-bond donors (Lipinski definition) is 0. The van der Waals surface area contributed by atoms with Crippen molar-refractivity contribution in [3.05, 3.63) is 72.5 Å². The molecule has 110 valence electrons. The molecule has 0 bridgehead atoms. The van der Waals surface area contributed by atoms with Crippen molar-refractivity contribution >= 4 is 0 Å². The van der Waals surface area contributed by atoms with Crippen LogP contribution in [-0.4, -0.2) is 13.2 Å². The Morgan fingerprint density at radius 2 is 1.27 bits per heavy atom. The summed E-state index contributed by atoms with van der Waals surface area (Å²) in [5, 5.41) is 0. The molecule has 0 amide bonds. The fraction of sp³-hybridized carbons (Fsp3) is 0.158. The zero-order valence-electron chi connectivity index (χ0n) is 12.1. The molecule has 2 heterocycles. The molecule has 3 heteroatoms. The van der Waals surface area contributed by atoms with Crippen LogP contribution in [-0.2, 0) is 9.47 Å². The second kappa shape index (κ2) is 5.79. The lowest BCUT2D eigenvalue weighted by Crippen LogP contribution is -1.97. The molecule has 0 radical (unpaired) electrons. The molecule has 0 unspecified atom stereocenters. The first-order chi connectivity index (χ1) is 10.9. The van der Waals surface area contributed by atoms with Gasteiger partial charge in [0.1, 0.15) is 5.76 Å². The van der Waals surface area contributed by atoms with Crippen molar-refractivity contribution < 1.29 is 13.9 Å². The molecular formula is C19H16O3. The van der Waals surface area contributed by atoms with Gasteiger partial charge in [-0.15, -0.1) is 0 Å². The zero-order valence-corrected chi connectivity index (χ0v) is 12.1. The molecule has 3 nitrogen and oxygen atoms in total. The highest BCUT2D eigenvalue weighted by Gasteiger charge is 2.17. The Hall–Kier alpha value is -2.36. The van der Waals surface area contributed by atoms with Crippen LogP contribution in [0.15, 0.2) is 71.3 Å². The standard InChI is InChI=1S/C19H16O3/c1-2-18(20-11-1)16-7-3-14(4-8-16)15-5-9-17(10-6-15)19-21-12-13-22-19/h1-11,19H,12-13H2. The van der Waals surface area contributed by atoms with Crippen molar-refractivity contribution in [3.8, 4) is 22.5 Å². The summed E-state index contributed by atoms with van der Waals surface area (Å²) >= 11 is 0. The van der Waals surface area contributed by atoms with Gasteiger partial charge in [-0.2, -0.15) is 0 Å². The van der Waals surface area contributed by atoms with Gasteiger partial charge in [-0.05, 0) is 23.3 Å². The van der Waals surface area contributed by atoms with Crippen molar-refractivity contribution in [2.24, 2.45) is 0 Å². The van der Waals surface area contributed by atoms with Crippen LogP contribution in [0.3, 0.4) is 0 Å². The van der Waals surface area contributed by atoms with E-state index < -0.39 is 0 Å². The van der Waals surface area contributed by atoms with Crippen LogP contribution in [0.4, 0.5) is 0 Å². The normalized spacial score (nSPS) is 15.3. The van der Waals surface area contributed by atoms with E-state index in [1.165, 1.54) is 11.1 Å². The minimum absolute atomic E-state index is 0.213. The molecule has 0 spiro atoms. The number of rotatable bonds is 3. The first kappa shape index (κ1) is 13.3. The van der Waals surface area contributed by atoms with Crippen molar-refractivity contribution in [2.75, 3.05) is 13.2 Å². The van der Waals surface area contributed by atoms with Gasteiger partial charge in [0.2, 0.25) is 0 Å². The van der Waals surface area contributed by atoms with Gasteiger partial charge >= 0.3 is 0 Å². The van der Waals surface area contributed by atoms with Gasteiger partial charge in [0.25, 0.3) is 0 Å². The maximum absolute atomic E-state index is 5.51. The summed E-state index contributed by atoms with van der Waals surface area (Å²) in [6.07, 6.45) is 1.48. The Morgan fingerprint density at radius 3 is 1.86 bits per heavy atom. The van der Waals surface area contributed by atoms with E-state index in [4.69, 9.17) is 13.9 Å². The Kier molecular flexibility index (Phi) is 3.51. The van der Waals surface area contributed by atoms with Crippen molar-refractivity contribution in [2.45, 2.75) is 6.29 Å². The van der Waals surface area contributed by atoms with Gasteiger partial charge < -0.3 is 13.9 Å². The Bertz CT molecular complexity index is 721. The monoisotopic (exact) mass is 292 g/mol. The lowest BCUT2D eigenvalue weighted by molar-refractivity contribution is -0.0441. The largest absolute Gasteiger partial charge is 0.464 e. The first-order valence-electron chi connectivity index (χ1n) is 7.38. The highest BCUT2D eigenvalue weighted by Crippen LogP contribution is 2.28. The van der Waals surface area contributed by atoms with E-state index >= 15 is 0 Å². The SMILES string of the molecule is c1coc(-c2ccc(-c3ccc(C4OCCO4)cc3)cc2)c1. The van der Waals surface area contributed by atoms with E-state index in [1.807, 2.05) is 12.1 Å². The van der Waals surface area contributed by atoms with Crippen LogP contribution < -0.4 is 0 Å². The average molecular weight is 292 g/mol. The van der Waals surface area contributed by atoms with Crippen LogP contribution in [0.5, 0.6) is 0 Å². The van der Waals surface area contributed by atoms with Crippen molar-refractivity contribution in [3.63, 3.8) is 0 Å². The quantitative estimate of drug-likeness (QED) is 0.703. The molecule has 0 N–H and O–H groups in total. The van der Waals surface area contributed by atoms with Crippen molar-refractivity contribution in [1.29, 1.82) is 0 Å². The summed E-state index contributed by atoms with van der Waals surface area (Å²) in [4.78, 5) is 0. The fourth-order valence-corrected chi connectivity index (χ4v) is 2.65. The van der Waals surface area contributed by atoms with Gasteiger partial charge in [-0.3, -0.25) is 0 Å². The minimum atomic E-state index is -0.213. The lowest BCUT2D eigenvalue weighted by Gasteiger charge is -2.10. The van der Waals surface area contributed by atoms with Gasteiger partial charge in [-0.1, -0.05) is 48.5 Å². The molecule has 0 atom stereocenters. The van der Waals surface area contributed by atoms with Gasteiger partial charge in [0, 0.05) is 11.1 Å². The molecule has 1 saturated heterocycles. The molecule has 3 aromatic rings. The summed E-state index contributed by atoms with van der Waals surface area (Å²) in [5.41, 5.74) is 4.49. The molecule has 4 rings (SSSR count). The third-order valence-electron chi connectivity index (χ3n) is 3.83. The molecule has 1 aliphatic heterocycles. The van der Waals surface area contributed by atoms with Crippen LogP contribution in [0.2, 0.25) is 0 Å². The third-order valence-corrected chi connectivity index (χ3v) is 3.83. The van der Waals surface area contributed by atoms with E-state index in [9.17, 15) is 0 Å². The molecule has 0 saturated carbocycles. The summed E-state index contributed by atoms with van der Waals surface area (Å²) in [7, 11) is 0. The summed E-state index contributed by atoms with van der Waals surface area (Å²) < 4.78 is 16.4. The van der Waals surface area contributed by atoms with Crippen LogP contribution in [0, 0.1) is 0 Å².